The second-order valence-electron chi connectivity index (χ2n) is 4.41. The molecule has 2 aromatic rings. The van der Waals surface area contributed by atoms with E-state index in [0.717, 1.165) is 37.2 Å². The molecule has 3 N–H and O–H groups in total. The van der Waals surface area contributed by atoms with Crippen LogP contribution in [0.1, 0.15) is 35.6 Å². The molecule has 0 aliphatic rings. The lowest BCUT2D eigenvalue weighted by Crippen LogP contribution is -2.07. The molecule has 0 spiro atoms. The van der Waals surface area contributed by atoms with Crippen molar-refractivity contribution in [3.05, 3.63) is 33.8 Å². The molecule has 0 atom stereocenters. The summed E-state index contributed by atoms with van der Waals surface area (Å²) in [6.07, 6.45) is 4.54. The third-order valence-electron chi connectivity index (χ3n) is 2.97. The minimum Gasteiger partial charge on any atom is -0.383 e. The van der Waals surface area contributed by atoms with Gasteiger partial charge in [-0.3, -0.25) is 0 Å². The SMILES string of the molecule is CCCc1c(N)ncnc1NCc1ccc(CC)s1. The Morgan fingerprint density at radius 1 is 1.21 bits per heavy atom. The Morgan fingerprint density at radius 3 is 2.68 bits per heavy atom. The second kappa shape index (κ2) is 6.52. The van der Waals surface area contributed by atoms with E-state index >= 15 is 0 Å². The zero-order valence-corrected chi connectivity index (χ0v) is 12.3. The van der Waals surface area contributed by atoms with Crippen LogP contribution in [0, 0.1) is 0 Å². The van der Waals surface area contributed by atoms with Crippen molar-refractivity contribution < 1.29 is 0 Å². The first-order valence-electron chi connectivity index (χ1n) is 6.65. The Balaban J connectivity index is 2.08. The molecule has 2 heterocycles. The van der Waals surface area contributed by atoms with Crippen LogP contribution in [0.15, 0.2) is 18.5 Å². The van der Waals surface area contributed by atoms with Crippen molar-refractivity contribution in [2.75, 3.05) is 11.1 Å². The quantitative estimate of drug-likeness (QED) is 0.850. The van der Waals surface area contributed by atoms with Crippen LogP contribution in [0.2, 0.25) is 0 Å². The molecule has 0 saturated heterocycles. The van der Waals surface area contributed by atoms with E-state index < -0.39 is 0 Å². The second-order valence-corrected chi connectivity index (χ2v) is 5.66. The van der Waals surface area contributed by atoms with Gasteiger partial charge in [0.2, 0.25) is 0 Å². The van der Waals surface area contributed by atoms with Crippen molar-refractivity contribution in [2.24, 2.45) is 0 Å². The average Bonchev–Trinajstić information content (AvgIpc) is 2.87. The molecule has 0 bridgehead atoms. The molecule has 0 saturated carbocycles. The summed E-state index contributed by atoms with van der Waals surface area (Å²) in [5.41, 5.74) is 6.94. The van der Waals surface area contributed by atoms with E-state index in [-0.39, 0.29) is 0 Å². The first-order chi connectivity index (χ1) is 9.24. The fourth-order valence-electron chi connectivity index (χ4n) is 1.95. The number of hydrogen-bond donors (Lipinski definition) is 2. The molecule has 0 unspecified atom stereocenters. The summed E-state index contributed by atoms with van der Waals surface area (Å²) in [6, 6.07) is 4.35. The number of aryl methyl sites for hydroxylation is 1. The Labute approximate surface area is 118 Å². The van der Waals surface area contributed by atoms with Gasteiger partial charge < -0.3 is 11.1 Å². The summed E-state index contributed by atoms with van der Waals surface area (Å²) >= 11 is 1.84. The predicted molar refractivity (Wildman–Crippen MR) is 81.5 cm³/mol. The van der Waals surface area contributed by atoms with E-state index in [2.05, 4.69) is 41.3 Å². The molecule has 2 rings (SSSR count). The van der Waals surface area contributed by atoms with Crippen molar-refractivity contribution in [3.8, 4) is 0 Å². The molecule has 2 aromatic heterocycles. The highest BCUT2D eigenvalue weighted by Crippen LogP contribution is 2.22. The van der Waals surface area contributed by atoms with Gasteiger partial charge in [0.1, 0.15) is 18.0 Å². The standard InChI is InChI=1S/C14H20N4S/c1-3-5-12-13(15)17-9-18-14(12)16-8-11-7-6-10(4-2)19-11/h6-7,9H,3-5,8H2,1-2H3,(H3,15,16,17,18). The molecule has 0 aliphatic carbocycles. The van der Waals surface area contributed by atoms with E-state index in [1.807, 2.05) is 11.3 Å². The zero-order valence-electron chi connectivity index (χ0n) is 11.4. The van der Waals surface area contributed by atoms with Crippen molar-refractivity contribution in [3.63, 3.8) is 0 Å². The number of nitrogens with two attached hydrogens (primary N) is 1. The molecule has 19 heavy (non-hydrogen) atoms. The first-order valence-corrected chi connectivity index (χ1v) is 7.47. The largest absolute Gasteiger partial charge is 0.383 e. The number of nitrogens with zero attached hydrogens (tertiary/aromatic N) is 2. The maximum absolute atomic E-state index is 5.91. The van der Waals surface area contributed by atoms with Crippen LogP contribution in [-0.4, -0.2) is 9.97 Å². The first kappa shape index (κ1) is 13.8. The van der Waals surface area contributed by atoms with Gasteiger partial charge in [-0.05, 0) is 25.0 Å². The number of nitrogen functional groups attached to an aromatic ring is 1. The third kappa shape index (κ3) is 3.44. The lowest BCUT2D eigenvalue weighted by molar-refractivity contribution is 0.902. The van der Waals surface area contributed by atoms with E-state index in [4.69, 9.17) is 5.73 Å². The molecule has 0 radical (unpaired) electrons. The highest BCUT2D eigenvalue weighted by molar-refractivity contribution is 7.12. The van der Waals surface area contributed by atoms with Gasteiger partial charge in [-0.25, -0.2) is 9.97 Å². The summed E-state index contributed by atoms with van der Waals surface area (Å²) < 4.78 is 0. The highest BCUT2D eigenvalue weighted by atomic mass is 32.1. The van der Waals surface area contributed by atoms with Gasteiger partial charge in [-0.1, -0.05) is 20.3 Å². The topological polar surface area (TPSA) is 63.8 Å². The number of aromatic nitrogens is 2. The van der Waals surface area contributed by atoms with E-state index in [0.29, 0.717) is 5.82 Å². The van der Waals surface area contributed by atoms with Gasteiger partial charge in [-0.15, -0.1) is 11.3 Å². The maximum atomic E-state index is 5.91. The summed E-state index contributed by atoms with van der Waals surface area (Å²) in [7, 11) is 0. The van der Waals surface area contributed by atoms with Gasteiger partial charge in [0.05, 0.1) is 6.54 Å². The van der Waals surface area contributed by atoms with E-state index in [1.54, 1.807) is 0 Å². The molecular weight excluding hydrogens is 256 g/mol. The Hall–Kier alpha value is -1.62. The zero-order chi connectivity index (χ0) is 13.7. The van der Waals surface area contributed by atoms with Crippen molar-refractivity contribution in [2.45, 2.75) is 39.7 Å². The van der Waals surface area contributed by atoms with Crippen LogP contribution in [-0.2, 0) is 19.4 Å². The predicted octanol–water partition coefficient (Wildman–Crippen LogP) is 3.25. The van der Waals surface area contributed by atoms with Gasteiger partial charge in [0.15, 0.2) is 0 Å². The Bertz CT molecular complexity index is 536. The fraction of sp³-hybridized carbons (Fsp3) is 0.429. The van der Waals surface area contributed by atoms with Crippen LogP contribution in [0.25, 0.3) is 0 Å². The molecular formula is C14H20N4S. The lowest BCUT2D eigenvalue weighted by atomic mass is 10.1. The molecule has 5 heteroatoms. The monoisotopic (exact) mass is 276 g/mol. The van der Waals surface area contributed by atoms with Crippen molar-refractivity contribution >= 4 is 23.0 Å². The smallest absolute Gasteiger partial charge is 0.135 e. The molecule has 102 valence electrons. The molecule has 0 amide bonds. The molecule has 0 aliphatic heterocycles. The number of rotatable bonds is 6. The van der Waals surface area contributed by atoms with Crippen molar-refractivity contribution in [1.29, 1.82) is 0 Å². The highest BCUT2D eigenvalue weighted by Gasteiger charge is 2.08. The minimum atomic E-state index is 0.583. The van der Waals surface area contributed by atoms with Gasteiger partial charge >= 0.3 is 0 Å². The van der Waals surface area contributed by atoms with E-state index in [9.17, 15) is 0 Å². The summed E-state index contributed by atoms with van der Waals surface area (Å²) in [5, 5.41) is 3.37. The number of thiophene rings is 1. The number of hydrogen-bond acceptors (Lipinski definition) is 5. The number of anilines is 2. The molecule has 0 aromatic carbocycles. The molecule has 0 fully saturated rings. The van der Waals surface area contributed by atoms with Crippen molar-refractivity contribution in [1.82, 2.24) is 9.97 Å². The van der Waals surface area contributed by atoms with Crippen LogP contribution < -0.4 is 11.1 Å². The number of nitrogens with one attached hydrogen (secondary N) is 1. The average molecular weight is 276 g/mol. The minimum absolute atomic E-state index is 0.583. The molecule has 4 nitrogen and oxygen atoms in total. The van der Waals surface area contributed by atoms with Crippen LogP contribution in [0.5, 0.6) is 0 Å². The summed E-state index contributed by atoms with van der Waals surface area (Å²) in [5.74, 6) is 1.44. The van der Waals surface area contributed by atoms with Gasteiger partial charge in [0.25, 0.3) is 0 Å². The van der Waals surface area contributed by atoms with Crippen LogP contribution in [0.4, 0.5) is 11.6 Å². The van der Waals surface area contributed by atoms with E-state index in [1.165, 1.54) is 16.1 Å². The maximum Gasteiger partial charge on any atom is 0.135 e. The van der Waals surface area contributed by atoms with Gasteiger partial charge in [-0.2, -0.15) is 0 Å². The fourth-order valence-corrected chi connectivity index (χ4v) is 2.85. The van der Waals surface area contributed by atoms with Gasteiger partial charge in [0, 0.05) is 15.3 Å². The van der Waals surface area contributed by atoms with Crippen LogP contribution in [0.3, 0.4) is 0 Å². The summed E-state index contributed by atoms with van der Waals surface area (Å²) in [4.78, 5) is 11.1. The lowest BCUT2D eigenvalue weighted by Gasteiger charge is -2.11. The summed E-state index contributed by atoms with van der Waals surface area (Å²) in [6.45, 7) is 5.09. The third-order valence-corrected chi connectivity index (χ3v) is 4.20. The van der Waals surface area contributed by atoms with Crippen LogP contribution >= 0.6 is 11.3 Å². The Morgan fingerprint density at radius 2 is 2.00 bits per heavy atom. The normalized spacial score (nSPS) is 10.6. The Kier molecular flexibility index (Phi) is 4.74.